The third kappa shape index (κ3) is 5.17. The Morgan fingerprint density at radius 1 is 1.53 bits per heavy atom. The van der Waals surface area contributed by atoms with Gasteiger partial charge in [-0.15, -0.1) is 11.3 Å². The zero-order valence-corrected chi connectivity index (χ0v) is 13.4. The zero-order valence-electron chi connectivity index (χ0n) is 9.42. The van der Waals surface area contributed by atoms with E-state index in [1.807, 2.05) is 0 Å². The van der Waals surface area contributed by atoms with Crippen molar-refractivity contribution >= 4 is 48.0 Å². The zero-order chi connectivity index (χ0) is 11.3. The average Bonchev–Trinajstić information content (AvgIpc) is 2.63. The quantitative estimate of drug-likeness (QED) is 0.321. The Bertz CT molecular complexity index is 314. The molecule has 84 valence electrons. The molecule has 15 heavy (non-hydrogen) atoms. The Labute approximate surface area is 111 Å². The summed E-state index contributed by atoms with van der Waals surface area (Å²) in [7, 11) is -1.49. The first-order valence-corrected chi connectivity index (χ1v) is 10.8. The molecule has 1 aromatic rings. The van der Waals surface area contributed by atoms with Gasteiger partial charge in [0, 0.05) is 4.43 Å². The SMILES string of the molecule is C[Si](C)(C)O/C(=C/CCI)c1cccs1. The second kappa shape index (κ2) is 6.05. The highest BCUT2D eigenvalue weighted by molar-refractivity contribution is 14.1. The van der Waals surface area contributed by atoms with Gasteiger partial charge in [0.15, 0.2) is 0 Å². The van der Waals surface area contributed by atoms with E-state index in [2.05, 4.69) is 65.8 Å². The van der Waals surface area contributed by atoms with Crippen LogP contribution in [0.4, 0.5) is 0 Å². The molecule has 0 aromatic carbocycles. The summed E-state index contributed by atoms with van der Waals surface area (Å²) in [5.74, 6) is 1.08. The van der Waals surface area contributed by atoms with Gasteiger partial charge in [0.25, 0.3) is 0 Å². The van der Waals surface area contributed by atoms with Crippen LogP contribution in [0.3, 0.4) is 0 Å². The van der Waals surface area contributed by atoms with Gasteiger partial charge in [-0.2, -0.15) is 0 Å². The van der Waals surface area contributed by atoms with Gasteiger partial charge >= 0.3 is 0 Å². The lowest BCUT2D eigenvalue weighted by Crippen LogP contribution is -2.24. The molecule has 0 saturated carbocycles. The summed E-state index contributed by atoms with van der Waals surface area (Å²) in [6, 6.07) is 4.20. The molecule has 0 amide bonds. The summed E-state index contributed by atoms with van der Waals surface area (Å²) < 4.78 is 7.23. The molecular formula is C11H17IOSSi. The van der Waals surface area contributed by atoms with Gasteiger partial charge in [0.1, 0.15) is 5.76 Å². The summed E-state index contributed by atoms with van der Waals surface area (Å²) in [6.45, 7) is 6.66. The van der Waals surface area contributed by atoms with Gasteiger partial charge in [-0.25, -0.2) is 0 Å². The number of hydrogen-bond acceptors (Lipinski definition) is 2. The van der Waals surface area contributed by atoms with Gasteiger partial charge in [0.05, 0.1) is 4.88 Å². The van der Waals surface area contributed by atoms with Crippen LogP contribution in [-0.4, -0.2) is 12.7 Å². The largest absolute Gasteiger partial charge is 0.544 e. The lowest BCUT2D eigenvalue weighted by Gasteiger charge is -2.21. The van der Waals surface area contributed by atoms with Crippen molar-refractivity contribution in [2.75, 3.05) is 4.43 Å². The maximum Gasteiger partial charge on any atom is 0.242 e. The Kier molecular flexibility index (Phi) is 5.35. The van der Waals surface area contributed by atoms with Crippen molar-refractivity contribution in [3.63, 3.8) is 0 Å². The van der Waals surface area contributed by atoms with Crippen LogP contribution in [-0.2, 0) is 4.43 Å². The van der Waals surface area contributed by atoms with Gasteiger partial charge in [-0.05, 0) is 43.6 Å². The molecule has 0 aliphatic carbocycles. The first-order valence-electron chi connectivity index (χ1n) is 5.02. The second-order valence-electron chi connectivity index (χ2n) is 4.24. The van der Waals surface area contributed by atoms with Crippen LogP contribution in [0.15, 0.2) is 23.6 Å². The van der Waals surface area contributed by atoms with Crippen LogP contribution >= 0.6 is 33.9 Å². The lowest BCUT2D eigenvalue weighted by molar-refractivity contribution is 0.514. The molecule has 0 unspecified atom stereocenters. The molecule has 0 fully saturated rings. The normalized spacial score (nSPS) is 12.9. The molecule has 0 radical (unpaired) electrons. The standard InChI is InChI=1S/C11H17IOSSi/c1-15(2,3)13-10(6-4-8-12)11-7-5-9-14-11/h5-7,9H,4,8H2,1-3H3/b10-6+. The number of rotatable bonds is 5. The molecule has 0 bridgehead atoms. The summed E-state index contributed by atoms with van der Waals surface area (Å²) in [6.07, 6.45) is 3.30. The first-order chi connectivity index (χ1) is 7.03. The highest BCUT2D eigenvalue weighted by atomic mass is 127. The molecule has 1 aromatic heterocycles. The van der Waals surface area contributed by atoms with Crippen molar-refractivity contribution < 1.29 is 4.43 Å². The molecule has 0 N–H and O–H groups in total. The number of allylic oxidation sites excluding steroid dienone is 1. The van der Waals surface area contributed by atoms with Crippen LogP contribution in [0, 0.1) is 0 Å². The van der Waals surface area contributed by atoms with Crippen molar-refractivity contribution in [1.82, 2.24) is 0 Å². The van der Waals surface area contributed by atoms with Gasteiger partial charge in [-0.1, -0.05) is 28.7 Å². The average molecular weight is 352 g/mol. The molecule has 0 saturated heterocycles. The lowest BCUT2D eigenvalue weighted by atomic mass is 10.3. The molecule has 1 rings (SSSR count). The van der Waals surface area contributed by atoms with Crippen molar-refractivity contribution in [3.05, 3.63) is 28.5 Å². The predicted molar refractivity (Wildman–Crippen MR) is 80.2 cm³/mol. The molecule has 1 nitrogen and oxygen atoms in total. The fraction of sp³-hybridized carbons (Fsp3) is 0.455. The fourth-order valence-corrected chi connectivity index (χ4v) is 3.07. The van der Waals surface area contributed by atoms with Crippen LogP contribution in [0.2, 0.25) is 19.6 Å². The van der Waals surface area contributed by atoms with Gasteiger partial charge < -0.3 is 4.43 Å². The van der Waals surface area contributed by atoms with Crippen molar-refractivity contribution in [2.24, 2.45) is 0 Å². The molecule has 0 spiro atoms. The Hall–Kier alpha value is 0.187. The summed E-state index contributed by atoms with van der Waals surface area (Å²) in [5, 5.41) is 2.10. The van der Waals surface area contributed by atoms with E-state index in [0.717, 1.165) is 16.6 Å². The molecule has 0 atom stereocenters. The van der Waals surface area contributed by atoms with E-state index < -0.39 is 8.32 Å². The van der Waals surface area contributed by atoms with E-state index in [9.17, 15) is 0 Å². The highest BCUT2D eigenvalue weighted by Crippen LogP contribution is 2.25. The van der Waals surface area contributed by atoms with Crippen LogP contribution in [0.5, 0.6) is 0 Å². The van der Waals surface area contributed by atoms with Gasteiger partial charge in [0.2, 0.25) is 8.32 Å². The molecule has 0 aliphatic heterocycles. The minimum atomic E-state index is -1.49. The first kappa shape index (κ1) is 13.3. The van der Waals surface area contributed by atoms with Crippen LogP contribution in [0.1, 0.15) is 11.3 Å². The van der Waals surface area contributed by atoms with Crippen LogP contribution in [0.25, 0.3) is 5.76 Å². The molecular weight excluding hydrogens is 335 g/mol. The smallest absolute Gasteiger partial charge is 0.242 e. The van der Waals surface area contributed by atoms with E-state index in [4.69, 9.17) is 4.43 Å². The summed E-state index contributed by atoms with van der Waals surface area (Å²) >= 11 is 4.14. The fourth-order valence-electron chi connectivity index (χ4n) is 1.13. The monoisotopic (exact) mass is 352 g/mol. The number of hydrogen-bond donors (Lipinski definition) is 0. The molecule has 0 aliphatic rings. The topological polar surface area (TPSA) is 9.23 Å². The summed E-state index contributed by atoms with van der Waals surface area (Å²) in [4.78, 5) is 1.25. The van der Waals surface area contributed by atoms with E-state index in [1.165, 1.54) is 4.88 Å². The van der Waals surface area contributed by atoms with Crippen molar-refractivity contribution in [3.8, 4) is 0 Å². The Balaban J connectivity index is 2.80. The third-order valence-corrected chi connectivity index (χ3v) is 3.96. The number of alkyl halides is 1. The van der Waals surface area contributed by atoms with Crippen LogP contribution < -0.4 is 0 Å². The highest BCUT2D eigenvalue weighted by Gasteiger charge is 2.18. The third-order valence-electron chi connectivity index (χ3n) is 1.62. The minimum absolute atomic E-state index is 1.08. The number of halogens is 1. The van der Waals surface area contributed by atoms with E-state index >= 15 is 0 Å². The van der Waals surface area contributed by atoms with E-state index in [-0.39, 0.29) is 0 Å². The maximum atomic E-state index is 6.09. The van der Waals surface area contributed by atoms with E-state index in [0.29, 0.717) is 0 Å². The summed E-state index contributed by atoms with van der Waals surface area (Å²) in [5.41, 5.74) is 0. The van der Waals surface area contributed by atoms with Gasteiger partial charge in [-0.3, -0.25) is 0 Å². The van der Waals surface area contributed by atoms with E-state index in [1.54, 1.807) is 11.3 Å². The second-order valence-corrected chi connectivity index (χ2v) is 10.7. The molecule has 1 heterocycles. The van der Waals surface area contributed by atoms with Crippen molar-refractivity contribution in [1.29, 1.82) is 0 Å². The maximum absolute atomic E-state index is 6.09. The Morgan fingerprint density at radius 3 is 2.73 bits per heavy atom. The molecule has 4 heteroatoms. The van der Waals surface area contributed by atoms with Crippen molar-refractivity contribution in [2.45, 2.75) is 26.1 Å². The Morgan fingerprint density at radius 2 is 2.27 bits per heavy atom. The minimum Gasteiger partial charge on any atom is -0.544 e. The number of thiophene rings is 1. The predicted octanol–water partition coefficient (Wildman–Crippen LogP) is 4.77.